The van der Waals surface area contributed by atoms with Gasteiger partial charge in [0.05, 0.1) is 39.9 Å². The van der Waals surface area contributed by atoms with Crippen LogP contribution in [0.25, 0.3) is 6.08 Å². The number of Topliss-reactive ketones (excluding diaryl/α,β-unsaturated/α-hetero) is 1. The summed E-state index contributed by atoms with van der Waals surface area (Å²) in [4.78, 5) is 17.2. The van der Waals surface area contributed by atoms with E-state index in [1.165, 1.54) is 0 Å². The number of aliphatic hydroxyl groups is 1. The number of carbonyl (C=O) groups excluding carboxylic acids is 1. The van der Waals surface area contributed by atoms with Crippen LogP contribution in [0, 0.1) is 0 Å². The van der Waals surface area contributed by atoms with E-state index in [0.717, 1.165) is 42.5 Å². The van der Waals surface area contributed by atoms with Crippen LogP contribution in [0.2, 0.25) is 5.02 Å². The highest BCUT2D eigenvalue weighted by Gasteiger charge is 2.37. The predicted molar refractivity (Wildman–Crippen MR) is 195 cm³/mol. The summed E-state index contributed by atoms with van der Waals surface area (Å²) in [6.45, 7) is -0.654. The maximum atomic E-state index is 13.9. The van der Waals surface area contributed by atoms with Crippen LogP contribution in [0.5, 0.6) is 11.9 Å². The van der Waals surface area contributed by atoms with Gasteiger partial charge < -0.3 is 26.4 Å². The average Bonchev–Trinajstić information content (AvgIpc) is 3.08. The maximum absolute atomic E-state index is 13.9. The van der Waals surface area contributed by atoms with Crippen LogP contribution in [-0.4, -0.2) is 96.5 Å². The minimum absolute atomic E-state index is 0.0976. The number of ketones is 1. The number of allylic oxidation sites excluding steroid dienone is 1. The number of benzene rings is 3. The molecule has 5 rings (SSSR count). The lowest BCUT2D eigenvalue weighted by molar-refractivity contribution is 0.106. The molecular weight excluding hydrogens is 852 g/mol. The smallest absolute Gasteiger partial charge is 0.319 e. The van der Waals surface area contributed by atoms with E-state index in [1.807, 2.05) is 0 Å². The van der Waals surface area contributed by atoms with Gasteiger partial charge in [0.2, 0.25) is 11.7 Å². The van der Waals surface area contributed by atoms with E-state index < -0.39 is 130 Å². The van der Waals surface area contributed by atoms with E-state index in [2.05, 4.69) is 36.0 Å². The number of nitrogens with two attached hydrogens (primary N) is 1. The quantitative estimate of drug-likeness (QED) is 0.0427. The molecule has 0 radical (unpaired) electrons. The number of nitrogens with zero attached hydrogens (tertiary/aromatic N) is 5. The van der Waals surface area contributed by atoms with Crippen LogP contribution in [-0.2, 0) is 40.2 Å². The SMILES string of the molecule is Nc1c(N=Nc2ccc(S(=O)(=O)CCO)cc2)c(S(=O)(=O)O)cc2c1C(=O)/C(=N/Nc1cc(Nc3nc(O)nc(O)c3Cl)ccc1S(=O)(=O)O)C(S(=O)(=O)O)=C2. The largest absolute Gasteiger partial charge is 0.492 e. The zero-order chi connectivity index (χ0) is 41.5. The van der Waals surface area contributed by atoms with Crippen LogP contribution in [0.3, 0.4) is 0 Å². The molecule has 1 aliphatic rings. The molecule has 0 saturated heterocycles. The third-order valence-electron chi connectivity index (χ3n) is 7.30. The van der Waals surface area contributed by atoms with E-state index in [9.17, 15) is 62.3 Å². The number of azo groups is 1. The van der Waals surface area contributed by atoms with E-state index in [-0.39, 0.29) is 16.3 Å². The van der Waals surface area contributed by atoms with Gasteiger partial charge in [-0.3, -0.25) is 23.9 Å². The number of aliphatic hydroxyl groups excluding tert-OH is 1. The molecule has 0 unspecified atom stereocenters. The molecule has 0 atom stereocenters. The summed E-state index contributed by atoms with van der Waals surface area (Å²) < 4.78 is 128. The van der Waals surface area contributed by atoms with Gasteiger partial charge in [0.1, 0.15) is 25.4 Å². The van der Waals surface area contributed by atoms with Gasteiger partial charge in [-0.25, -0.2) is 8.42 Å². The van der Waals surface area contributed by atoms with Crippen molar-refractivity contribution in [1.29, 1.82) is 0 Å². The number of nitrogen functional groups attached to an aromatic ring is 1. The second-order valence-electron chi connectivity index (χ2n) is 11.0. The molecule has 0 amide bonds. The zero-order valence-electron chi connectivity index (χ0n) is 27.3. The highest BCUT2D eigenvalue weighted by atomic mass is 35.5. The molecule has 1 aliphatic carbocycles. The van der Waals surface area contributed by atoms with Crippen LogP contribution in [0.15, 0.2) is 83.5 Å². The van der Waals surface area contributed by atoms with Crippen molar-refractivity contribution in [3.05, 3.63) is 69.6 Å². The normalized spacial score (nSPS) is 14.5. The number of halogens is 1. The van der Waals surface area contributed by atoms with Gasteiger partial charge in [-0.1, -0.05) is 11.6 Å². The minimum atomic E-state index is -5.43. The second-order valence-corrected chi connectivity index (χ2v) is 17.7. The number of anilines is 4. The van der Waals surface area contributed by atoms with Crippen molar-refractivity contribution >= 4 is 104 Å². The highest BCUT2D eigenvalue weighted by Crippen LogP contribution is 2.41. The lowest BCUT2D eigenvalue weighted by Gasteiger charge is -2.20. The summed E-state index contributed by atoms with van der Waals surface area (Å²) in [5.41, 5.74) is 3.17. The lowest BCUT2D eigenvalue weighted by Crippen LogP contribution is -2.28. The Kier molecular flexibility index (Phi) is 11.2. The molecule has 28 heteroatoms. The monoisotopic (exact) mass is 874 g/mol. The molecule has 10 N–H and O–H groups in total. The van der Waals surface area contributed by atoms with Crippen molar-refractivity contribution in [3.8, 4) is 11.9 Å². The number of hydrazone groups is 1. The fourth-order valence-electron chi connectivity index (χ4n) is 4.84. The van der Waals surface area contributed by atoms with Crippen molar-refractivity contribution in [2.24, 2.45) is 15.3 Å². The highest BCUT2D eigenvalue weighted by molar-refractivity contribution is 7.91. The van der Waals surface area contributed by atoms with E-state index in [1.54, 1.807) is 0 Å². The number of nitrogens with one attached hydrogen (secondary N) is 2. The van der Waals surface area contributed by atoms with Crippen LogP contribution in [0.4, 0.5) is 34.3 Å². The van der Waals surface area contributed by atoms with E-state index >= 15 is 0 Å². The van der Waals surface area contributed by atoms with Crippen molar-refractivity contribution in [1.82, 2.24) is 9.97 Å². The Balaban J connectivity index is 1.62. The Morgan fingerprint density at radius 2 is 1.46 bits per heavy atom. The Morgan fingerprint density at radius 1 is 0.821 bits per heavy atom. The van der Waals surface area contributed by atoms with Gasteiger partial charge in [-0.2, -0.15) is 45.4 Å². The van der Waals surface area contributed by atoms with E-state index in [4.69, 9.17) is 22.4 Å². The third-order valence-corrected chi connectivity index (χ3v) is 12.0. The van der Waals surface area contributed by atoms with Crippen molar-refractivity contribution in [2.75, 3.05) is 28.8 Å². The minimum Gasteiger partial charge on any atom is -0.492 e. The molecule has 0 fully saturated rings. The Hall–Kier alpha value is -5.65. The molecule has 1 heterocycles. The molecule has 4 aromatic rings. The molecular formula is C28H23ClN8O15S4. The summed E-state index contributed by atoms with van der Waals surface area (Å²) in [6.07, 6.45) is 0.543. The van der Waals surface area contributed by atoms with Gasteiger partial charge in [0, 0.05) is 5.69 Å². The predicted octanol–water partition coefficient (Wildman–Crippen LogP) is 2.43. The number of aromatic hydroxyl groups is 2. The maximum Gasteiger partial charge on any atom is 0.319 e. The molecule has 296 valence electrons. The first-order chi connectivity index (χ1) is 25.9. The van der Waals surface area contributed by atoms with Gasteiger partial charge >= 0.3 is 6.01 Å². The number of rotatable bonds is 12. The van der Waals surface area contributed by atoms with Crippen molar-refractivity contribution < 1.29 is 67.4 Å². The number of hydrogen-bond donors (Lipinski definition) is 9. The molecule has 0 spiro atoms. The fraction of sp³-hybridized carbons (Fsp3) is 0.0714. The first kappa shape index (κ1) is 41.5. The van der Waals surface area contributed by atoms with Crippen LogP contribution < -0.4 is 16.5 Å². The summed E-state index contributed by atoms with van der Waals surface area (Å²) in [7, 11) is -19.7. The summed E-state index contributed by atoms with van der Waals surface area (Å²) in [5, 5.41) is 41.6. The summed E-state index contributed by atoms with van der Waals surface area (Å²) in [5.74, 6) is -3.28. The summed E-state index contributed by atoms with van der Waals surface area (Å²) >= 11 is 5.93. The van der Waals surface area contributed by atoms with E-state index in [0.29, 0.717) is 12.1 Å². The Labute approximate surface area is 320 Å². The molecule has 1 aromatic heterocycles. The molecule has 3 aromatic carbocycles. The number of carbonyl (C=O) groups is 1. The number of sulfone groups is 1. The fourth-order valence-corrected chi connectivity index (χ4v) is 7.95. The lowest BCUT2D eigenvalue weighted by atomic mass is 9.92. The molecule has 56 heavy (non-hydrogen) atoms. The Bertz CT molecular complexity index is 2870. The average molecular weight is 875 g/mol. The van der Waals surface area contributed by atoms with Gasteiger partial charge in [0.25, 0.3) is 30.4 Å². The third kappa shape index (κ3) is 8.74. The van der Waals surface area contributed by atoms with Crippen molar-refractivity contribution in [3.63, 3.8) is 0 Å². The van der Waals surface area contributed by atoms with Crippen molar-refractivity contribution in [2.45, 2.75) is 14.7 Å². The first-order valence-corrected chi connectivity index (χ1v) is 21.0. The standard InChI is InChI=1S/C28H23ClN8O15S4/c29-21-26(32-28(41)33-27(21)40)31-14-3-6-17(54(44,45)46)16(11-14)35-37-24-19(56(50,51)52)10-12-9-18(55(47,48)49)23(22(30)20(12)25(24)39)36-34-13-1-4-15(5-2-13)53(42,43)8-7-38/h1-6,9-11,35,38H,7-8,30H2,(H,44,45,46)(H,47,48,49)(H,50,51,52)(H3,31,32,33,40,41)/b36-34?,37-24+. The first-order valence-electron chi connectivity index (χ1n) is 14.6. The number of hydrogen-bond acceptors (Lipinski definition) is 20. The second kappa shape index (κ2) is 15.1. The molecule has 23 nitrogen and oxygen atoms in total. The topological polar surface area (TPSA) is 388 Å². The molecule has 0 bridgehead atoms. The Morgan fingerprint density at radius 3 is 2.05 bits per heavy atom. The van der Waals surface area contributed by atoms with Crippen LogP contribution in [0.1, 0.15) is 15.9 Å². The number of aromatic nitrogens is 2. The molecule has 0 saturated carbocycles. The molecule has 0 aliphatic heterocycles. The zero-order valence-corrected chi connectivity index (χ0v) is 31.3. The van der Waals surface area contributed by atoms with Gasteiger partial charge in [0.15, 0.2) is 21.4 Å². The van der Waals surface area contributed by atoms with Gasteiger partial charge in [-0.05, 0) is 60.2 Å². The van der Waals surface area contributed by atoms with Crippen LogP contribution >= 0.6 is 11.6 Å². The number of fused-ring (bicyclic) bond motifs is 1. The summed E-state index contributed by atoms with van der Waals surface area (Å²) in [6, 6.07) is 6.85. The van der Waals surface area contributed by atoms with Gasteiger partial charge in [-0.15, -0.1) is 5.11 Å².